The van der Waals surface area contributed by atoms with E-state index in [2.05, 4.69) is 48.7 Å². The molecule has 0 N–H and O–H groups in total. The predicted octanol–water partition coefficient (Wildman–Crippen LogP) is 6.92. The fraction of sp³-hybridized carbons (Fsp3) is 0.219. The van der Waals surface area contributed by atoms with Crippen LogP contribution >= 0.6 is 0 Å². The van der Waals surface area contributed by atoms with Crippen LogP contribution in [-0.2, 0) is 11.3 Å². The molecular formula is C32H32N2O3. The summed E-state index contributed by atoms with van der Waals surface area (Å²) in [5, 5.41) is 0. The van der Waals surface area contributed by atoms with E-state index in [1.807, 2.05) is 72.8 Å². The van der Waals surface area contributed by atoms with Gasteiger partial charge in [-0.15, -0.1) is 0 Å². The second-order valence-corrected chi connectivity index (χ2v) is 9.09. The molecule has 0 saturated heterocycles. The third-order valence-electron chi connectivity index (χ3n) is 6.28. The second kappa shape index (κ2) is 11.8. The molecular weight excluding hydrogens is 460 g/mol. The maximum absolute atomic E-state index is 6.46. The van der Waals surface area contributed by atoms with Crippen LogP contribution in [0.5, 0.6) is 11.5 Å². The number of para-hydroxylation sites is 2. The number of ether oxygens (including phenoxy) is 3. The third-order valence-corrected chi connectivity index (χ3v) is 6.28. The summed E-state index contributed by atoms with van der Waals surface area (Å²) in [6.07, 6.45) is -0.338. The van der Waals surface area contributed by atoms with Crippen LogP contribution in [0, 0.1) is 13.8 Å². The number of aromatic nitrogens is 2. The van der Waals surface area contributed by atoms with E-state index in [0.29, 0.717) is 26.4 Å². The number of hydrogen-bond acceptors (Lipinski definition) is 4. The summed E-state index contributed by atoms with van der Waals surface area (Å²) >= 11 is 0. The highest BCUT2D eigenvalue weighted by Crippen LogP contribution is 2.29. The molecule has 0 aliphatic carbocycles. The van der Waals surface area contributed by atoms with Gasteiger partial charge < -0.3 is 18.8 Å². The first kappa shape index (κ1) is 24.6. The van der Waals surface area contributed by atoms with Gasteiger partial charge in [0.1, 0.15) is 36.6 Å². The lowest BCUT2D eigenvalue weighted by Gasteiger charge is -2.20. The Morgan fingerprint density at radius 2 is 1.24 bits per heavy atom. The molecule has 0 bridgehead atoms. The number of hydrogen-bond donors (Lipinski definition) is 0. The van der Waals surface area contributed by atoms with Crippen LogP contribution in [0.15, 0.2) is 103 Å². The van der Waals surface area contributed by atoms with Crippen LogP contribution in [0.4, 0.5) is 0 Å². The largest absolute Gasteiger partial charge is 0.492 e. The molecule has 0 aliphatic heterocycles. The number of rotatable bonds is 11. The normalized spacial score (nSPS) is 11.9. The van der Waals surface area contributed by atoms with Crippen molar-refractivity contribution in [2.24, 2.45) is 0 Å². The third kappa shape index (κ3) is 6.19. The molecule has 188 valence electrons. The molecule has 0 saturated carbocycles. The Kier molecular flexibility index (Phi) is 7.82. The highest BCUT2D eigenvalue weighted by Gasteiger charge is 2.23. The summed E-state index contributed by atoms with van der Waals surface area (Å²) in [5.41, 5.74) is 5.47. The number of imidazole rings is 1. The van der Waals surface area contributed by atoms with Crippen molar-refractivity contribution in [3.63, 3.8) is 0 Å². The zero-order valence-corrected chi connectivity index (χ0v) is 21.3. The van der Waals surface area contributed by atoms with Crippen molar-refractivity contribution in [3.05, 3.63) is 126 Å². The van der Waals surface area contributed by atoms with E-state index in [9.17, 15) is 0 Å². The van der Waals surface area contributed by atoms with E-state index < -0.39 is 0 Å². The molecule has 1 aromatic heterocycles. The van der Waals surface area contributed by atoms with E-state index in [1.54, 1.807) is 0 Å². The molecule has 5 heteroatoms. The quantitative estimate of drug-likeness (QED) is 0.188. The van der Waals surface area contributed by atoms with Crippen molar-refractivity contribution in [1.82, 2.24) is 9.55 Å². The molecule has 0 unspecified atom stereocenters. The van der Waals surface area contributed by atoms with Crippen LogP contribution in [0.1, 0.15) is 28.6 Å². The molecule has 37 heavy (non-hydrogen) atoms. The maximum Gasteiger partial charge on any atom is 0.143 e. The van der Waals surface area contributed by atoms with Crippen molar-refractivity contribution in [2.45, 2.75) is 26.5 Å². The molecule has 5 nitrogen and oxygen atoms in total. The first-order chi connectivity index (χ1) is 18.2. The van der Waals surface area contributed by atoms with Gasteiger partial charge in [-0.1, -0.05) is 77.9 Å². The van der Waals surface area contributed by atoms with Crippen molar-refractivity contribution in [2.75, 3.05) is 19.8 Å². The van der Waals surface area contributed by atoms with Crippen molar-refractivity contribution in [3.8, 4) is 11.5 Å². The van der Waals surface area contributed by atoms with E-state index in [4.69, 9.17) is 19.2 Å². The molecule has 4 aromatic carbocycles. The molecule has 5 rings (SSSR count). The second-order valence-electron chi connectivity index (χ2n) is 9.09. The molecule has 5 aromatic rings. The molecule has 0 amide bonds. The lowest BCUT2D eigenvalue weighted by Crippen LogP contribution is -2.19. The SMILES string of the molecule is Cc1ccc(OCCO[C@@H](c2ccccc2)c2nc3ccccc3n2CCOc2ccc(C)cc2)cc1. The lowest BCUT2D eigenvalue weighted by molar-refractivity contribution is 0.0492. The Morgan fingerprint density at radius 3 is 1.92 bits per heavy atom. The van der Waals surface area contributed by atoms with Crippen LogP contribution in [0.3, 0.4) is 0 Å². The highest BCUT2D eigenvalue weighted by molar-refractivity contribution is 5.76. The number of benzene rings is 4. The monoisotopic (exact) mass is 492 g/mol. The van der Waals surface area contributed by atoms with E-state index in [-0.39, 0.29) is 6.10 Å². The first-order valence-electron chi connectivity index (χ1n) is 12.7. The van der Waals surface area contributed by atoms with Gasteiger partial charge >= 0.3 is 0 Å². The van der Waals surface area contributed by atoms with Gasteiger partial charge in [0.2, 0.25) is 0 Å². The summed E-state index contributed by atoms with van der Waals surface area (Å²) in [6, 6.07) is 34.6. The number of fused-ring (bicyclic) bond motifs is 1. The fourth-order valence-electron chi connectivity index (χ4n) is 4.33. The number of aryl methyl sites for hydroxylation is 2. The maximum atomic E-state index is 6.46. The van der Waals surface area contributed by atoms with E-state index in [1.165, 1.54) is 11.1 Å². The molecule has 0 aliphatic rings. The molecule has 1 heterocycles. The molecule has 0 fully saturated rings. The lowest BCUT2D eigenvalue weighted by atomic mass is 10.1. The number of nitrogens with zero attached hydrogens (tertiary/aromatic N) is 2. The van der Waals surface area contributed by atoms with E-state index >= 15 is 0 Å². The van der Waals surface area contributed by atoms with Crippen LogP contribution in [-0.4, -0.2) is 29.4 Å². The summed E-state index contributed by atoms with van der Waals surface area (Å²) in [4.78, 5) is 5.01. The first-order valence-corrected chi connectivity index (χ1v) is 12.7. The zero-order chi connectivity index (χ0) is 25.5. The van der Waals surface area contributed by atoms with Crippen LogP contribution in [0.2, 0.25) is 0 Å². The van der Waals surface area contributed by atoms with Gasteiger partial charge in [0.15, 0.2) is 0 Å². The predicted molar refractivity (Wildman–Crippen MR) is 147 cm³/mol. The van der Waals surface area contributed by atoms with Crippen molar-refractivity contribution >= 4 is 11.0 Å². The van der Waals surface area contributed by atoms with Gasteiger partial charge in [0.05, 0.1) is 24.2 Å². The van der Waals surface area contributed by atoms with Crippen LogP contribution < -0.4 is 9.47 Å². The van der Waals surface area contributed by atoms with Gasteiger partial charge in [-0.2, -0.15) is 0 Å². The van der Waals surface area contributed by atoms with Gasteiger partial charge in [-0.25, -0.2) is 4.98 Å². The molecule has 0 radical (unpaired) electrons. The summed E-state index contributed by atoms with van der Waals surface area (Å²) in [5.74, 6) is 2.56. The molecule has 1 atom stereocenters. The fourth-order valence-corrected chi connectivity index (χ4v) is 4.33. The topological polar surface area (TPSA) is 45.5 Å². The minimum Gasteiger partial charge on any atom is -0.492 e. The Labute approximate surface area is 218 Å². The smallest absolute Gasteiger partial charge is 0.143 e. The minimum absolute atomic E-state index is 0.338. The van der Waals surface area contributed by atoms with Crippen molar-refractivity contribution < 1.29 is 14.2 Å². The van der Waals surface area contributed by atoms with Gasteiger partial charge in [0, 0.05) is 0 Å². The standard InChI is InChI=1S/C32H32N2O3/c1-24-12-16-27(17-13-24)35-21-20-34-30-11-7-6-10-29(30)33-32(34)31(26-8-4-3-5-9-26)37-23-22-36-28-18-14-25(2)15-19-28/h3-19,31H,20-23H2,1-2H3/t31-/m0/s1. The Balaban J connectivity index is 1.36. The summed E-state index contributed by atoms with van der Waals surface area (Å²) < 4.78 is 20.7. The van der Waals surface area contributed by atoms with Crippen molar-refractivity contribution in [1.29, 1.82) is 0 Å². The molecule has 0 spiro atoms. The average molecular weight is 493 g/mol. The van der Waals surface area contributed by atoms with Gasteiger partial charge in [-0.05, 0) is 55.8 Å². The summed E-state index contributed by atoms with van der Waals surface area (Å²) in [7, 11) is 0. The van der Waals surface area contributed by atoms with Crippen LogP contribution in [0.25, 0.3) is 11.0 Å². The highest BCUT2D eigenvalue weighted by atomic mass is 16.5. The van der Waals surface area contributed by atoms with E-state index in [0.717, 1.165) is 33.9 Å². The Bertz CT molecular complexity index is 1410. The van der Waals surface area contributed by atoms with Gasteiger partial charge in [-0.3, -0.25) is 0 Å². The average Bonchev–Trinajstić information content (AvgIpc) is 3.29. The van der Waals surface area contributed by atoms with Gasteiger partial charge in [0.25, 0.3) is 0 Å². The zero-order valence-electron chi connectivity index (χ0n) is 21.3. The Hall–Kier alpha value is -4.09. The summed E-state index contributed by atoms with van der Waals surface area (Å²) in [6.45, 7) is 6.18. The Morgan fingerprint density at radius 1 is 0.649 bits per heavy atom. The minimum atomic E-state index is -0.338.